The summed E-state index contributed by atoms with van der Waals surface area (Å²) in [6, 6.07) is 7.99. The quantitative estimate of drug-likeness (QED) is 0.478. The van der Waals surface area contributed by atoms with Crippen molar-refractivity contribution in [1.82, 2.24) is 9.88 Å². The maximum Gasteiger partial charge on any atom is 0.341 e. The highest BCUT2D eigenvalue weighted by molar-refractivity contribution is 5.99. The topological polar surface area (TPSA) is 101 Å². The van der Waals surface area contributed by atoms with Gasteiger partial charge in [0.05, 0.1) is 16.6 Å². The van der Waals surface area contributed by atoms with E-state index < -0.39 is 39.7 Å². The molecule has 7 nitrogen and oxygen atoms in total. The molecule has 5 rings (SSSR count). The van der Waals surface area contributed by atoms with Gasteiger partial charge in [-0.2, -0.15) is 0 Å². The number of fused-ring (bicyclic) bond motifs is 1. The monoisotopic (exact) mass is 468 g/mol. The number of hydrogen-bond donors (Lipinski definition) is 3. The number of carboxylic acid groups (broad SMARTS) is 1. The van der Waals surface area contributed by atoms with E-state index in [1.54, 1.807) is 4.90 Å². The van der Waals surface area contributed by atoms with Gasteiger partial charge in [-0.25, -0.2) is 13.6 Å². The molecular formula is C25H26F2N4O3. The van der Waals surface area contributed by atoms with Crippen LogP contribution >= 0.6 is 0 Å². The highest BCUT2D eigenvalue weighted by Gasteiger charge is 2.35. The lowest BCUT2D eigenvalue weighted by atomic mass is 9.96. The normalized spacial score (nSPS) is 18.1. The molecule has 34 heavy (non-hydrogen) atoms. The first-order valence-electron chi connectivity index (χ1n) is 11.4. The highest BCUT2D eigenvalue weighted by atomic mass is 19.1. The molecule has 1 aliphatic carbocycles. The number of carboxylic acids is 1. The fourth-order valence-electron chi connectivity index (χ4n) is 5.02. The summed E-state index contributed by atoms with van der Waals surface area (Å²) in [7, 11) is 1.88. The molecule has 3 aromatic rings. The number of nitrogens with two attached hydrogens (primary N) is 1. The number of nitrogen functional groups attached to an aromatic ring is 1. The summed E-state index contributed by atoms with van der Waals surface area (Å²) in [5.74, 6) is -3.25. The maximum absolute atomic E-state index is 16.0. The van der Waals surface area contributed by atoms with Gasteiger partial charge in [-0.1, -0.05) is 24.3 Å². The molecule has 1 unspecified atom stereocenters. The Kier molecular flexibility index (Phi) is 5.51. The van der Waals surface area contributed by atoms with Crippen LogP contribution in [-0.4, -0.2) is 35.8 Å². The Labute approximate surface area is 194 Å². The van der Waals surface area contributed by atoms with Crippen molar-refractivity contribution < 1.29 is 18.7 Å². The zero-order valence-electron chi connectivity index (χ0n) is 18.8. The van der Waals surface area contributed by atoms with Gasteiger partial charge < -0.3 is 25.6 Å². The maximum atomic E-state index is 16.0. The van der Waals surface area contributed by atoms with Crippen LogP contribution in [0.15, 0.2) is 35.3 Å². The zero-order chi connectivity index (χ0) is 24.1. The smallest absolute Gasteiger partial charge is 0.341 e. The number of aromatic carboxylic acids is 1. The van der Waals surface area contributed by atoms with Gasteiger partial charge in [0.25, 0.3) is 0 Å². The van der Waals surface area contributed by atoms with Crippen molar-refractivity contribution >= 4 is 28.2 Å². The van der Waals surface area contributed by atoms with E-state index in [4.69, 9.17) is 5.73 Å². The van der Waals surface area contributed by atoms with Gasteiger partial charge >= 0.3 is 5.97 Å². The summed E-state index contributed by atoms with van der Waals surface area (Å²) in [6.45, 7) is 1.56. The number of nitrogens with one attached hydrogen (secondary N) is 1. The van der Waals surface area contributed by atoms with E-state index in [1.165, 1.54) is 4.57 Å². The van der Waals surface area contributed by atoms with Crippen LogP contribution in [-0.2, 0) is 6.54 Å². The van der Waals surface area contributed by atoms with Gasteiger partial charge in [-0.3, -0.25) is 4.79 Å². The summed E-state index contributed by atoms with van der Waals surface area (Å²) in [5.41, 5.74) is 5.88. The first-order valence-corrected chi connectivity index (χ1v) is 11.4. The molecule has 1 aromatic heterocycles. The van der Waals surface area contributed by atoms with E-state index in [9.17, 15) is 14.7 Å². The molecule has 2 fully saturated rings. The summed E-state index contributed by atoms with van der Waals surface area (Å²) < 4.78 is 32.9. The molecule has 4 N–H and O–H groups in total. The Hall–Kier alpha value is -3.46. The van der Waals surface area contributed by atoms with Crippen LogP contribution in [0.4, 0.5) is 20.2 Å². The molecule has 9 heteroatoms. The minimum atomic E-state index is -1.45. The molecule has 0 amide bonds. The minimum Gasteiger partial charge on any atom is -0.477 e. The lowest BCUT2D eigenvalue weighted by Gasteiger charge is -2.24. The molecule has 178 valence electrons. The van der Waals surface area contributed by atoms with Gasteiger partial charge in [-0.15, -0.1) is 0 Å². The molecule has 1 aliphatic heterocycles. The number of carbonyl (C=O) groups is 1. The van der Waals surface area contributed by atoms with E-state index >= 15 is 8.78 Å². The number of aromatic nitrogens is 1. The van der Waals surface area contributed by atoms with Crippen molar-refractivity contribution in [3.05, 3.63) is 69.0 Å². The van der Waals surface area contributed by atoms with Crippen LogP contribution in [0.5, 0.6) is 0 Å². The number of benzene rings is 2. The van der Waals surface area contributed by atoms with E-state index in [2.05, 4.69) is 11.4 Å². The Morgan fingerprint density at radius 2 is 2.00 bits per heavy atom. The Morgan fingerprint density at radius 3 is 2.68 bits per heavy atom. The SMILES string of the molecule is CNCc1cccc(C2CCN(c3c(F)c(N)c4c(=O)c(C(=O)O)cn(C5CC5)c4c3F)C2)c1. The third kappa shape index (κ3) is 3.60. The minimum absolute atomic E-state index is 0.0903. The molecule has 2 aliphatic rings. The number of halogens is 2. The summed E-state index contributed by atoms with van der Waals surface area (Å²) in [6.07, 6.45) is 3.32. The van der Waals surface area contributed by atoms with Gasteiger partial charge in [-0.05, 0) is 37.4 Å². The third-order valence-electron chi connectivity index (χ3n) is 6.84. The fourth-order valence-corrected chi connectivity index (χ4v) is 5.02. The van der Waals surface area contributed by atoms with Crippen molar-refractivity contribution in [2.24, 2.45) is 0 Å². The van der Waals surface area contributed by atoms with Gasteiger partial charge in [0.1, 0.15) is 11.3 Å². The number of anilines is 2. The van der Waals surface area contributed by atoms with Crippen LogP contribution in [0.1, 0.15) is 52.7 Å². The van der Waals surface area contributed by atoms with Crippen molar-refractivity contribution in [2.75, 3.05) is 30.8 Å². The van der Waals surface area contributed by atoms with E-state index in [1.807, 2.05) is 25.2 Å². The van der Waals surface area contributed by atoms with Crippen molar-refractivity contribution in [1.29, 1.82) is 0 Å². The number of hydrogen-bond acceptors (Lipinski definition) is 5. The van der Waals surface area contributed by atoms with Crippen LogP contribution in [0.2, 0.25) is 0 Å². The molecule has 1 atom stereocenters. The first-order chi connectivity index (χ1) is 16.3. The van der Waals surface area contributed by atoms with Crippen LogP contribution in [0.25, 0.3) is 10.9 Å². The molecular weight excluding hydrogens is 442 g/mol. The van der Waals surface area contributed by atoms with Crippen LogP contribution in [0, 0.1) is 11.6 Å². The predicted octanol–water partition coefficient (Wildman–Crippen LogP) is 3.61. The number of pyridine rings is 1. The number of rotatable bonds is 6. The lowest BCUT2D eigenvalue weighted by Crippen LogP contribution is -2.26. The van der Waals surface area contributed by atoms with E-state index in [-0.39, 0.29) is 23.2 Å². The van der Waals surface area contributed by atoms with Gasteiger partial charge in [0.2, 0.25) is 5.43 Å². The third-order valence-corrected chi connectivity index (χ3v) is 6.84. The van der Waals surface area contributed by atoms with E-state index in [0.717, 1.165) is 36.7 Å². The standard InChI is InChI=1S/C25H26F2N4O3/c1-29-10-13-3-2-4-14(9-13)15-7-8-30(11-15)23-19(26)21(28)18-22(20(23)27)31(16-5-6-16)12-17(24(18)32)25(33)34/h2-4,9,12,15-16,29H,5-8,10-11,28H2,1H3,(H,33,34). The Bertz CT molecular complexity index is 1370. The van der Waals surface area contributed by atoms with Crippen molar-refractivity contribution in [3.63, 3.8) is 0 Å². The second-order valence-electron chi connectivity index (χ2n) is 9.14. The van der Waals surface area contributed by atoms with Crippen molar-refractivity contribution in [2.45, 2.75) is 37.8 Å². The molecule has 0 spiro atoms. The van der Waals surface area contributed by atoms with Gasteiger partial charge in [0, 0.05) is 37.8 Å². The lowest BCUT2D eigenvalue weighted by molar-refractivity contribution is 0.0695. The number of nitrogens with zero attached hydrogens (tertiary/aromatic N) is 2. The first kappa shape index (κ1) is 22.3. The summed E-state index contributed by atoms with van der Waals surface area (Å²) in [4.78, 5) is 26.1. The van der Waals surface area contributed by atoms with Crippen LogP contribution in [0.3, 0.4) is 0 Å². The molecule has 2 heterocycles. The Balaban J connectivity index is 1.61. The second kappa shape index (κ2) is 8.39. The zero-order valence-corrected chi connectivity index (χ0v) is 18.8. The molecule has 0 radical (unpaired) electrons. The largest absolute Gasteiger partial charge is 0.477 e. The summed E-state index contributed by atoms with van der Waals surface area (Å²) in [5, 5.41) is 12.2. The average Bonchev–Trinajstić information content (AvgIpc) is 3.54. The summed E-state index contributed by atoms with van der Waals surface area (Å²) >= 11 is 0. The molecule has 0 bridgehead atoms. The van der Waals surface area contributed by atoms with Gasteiger partial charge in [0.15, 0.2) is 11.6 Å². The molecule has 1 saturated heterocycles. The average molecular weight is 469 g/mol. The van der Waals surface area contributed by atoms with Crippen LogP contribution < -0.4 is 21.4 Å². The predicted molar refractivity (Wildman–Crippen MR) is 127 cm³/mol. The fraction of sp³-hybridized carbons (Fsp3) is 0.360. The highest BCUT2D eigenvalue weighted by Crippen LogP contribution is 2.43. The Morgan fingerprint density at radius 1 is 1.24 bits per heavy atom. The van der Waals surface area contributed by atoms with E-state index in [0.29, 0.717) is 19.5 Å². The molecule has 1 saturated carbocycles. The molecule has 2 aromatic carbocycles. The second-order valence-corrected chi connectivity index (χ2v) is 9.14. The van der Waals surface area contributed by atoms with Crippen molar-refractivity contribution in [3.8, 4) is 0 Å².